The lowest BCUT2D eigenvalue weighted by atomic mass is 10.2. The molecule has 2 N–H and O–H groups in total. The van der Waals surface area contributed by atoms with Crippen molar-refractivity contribution in [1.82, 2.24) is 10.6 Å². The smallest absolute Gasteiger partial charge is 0.220 e. The molecule has 0 heterocycles. The van der Waals surface area contributed by atoms with Crippen molar-refractivity contribution in [2.75, 3.05) is 31.9 Å². The molecule has 0 aliphatic carbocycles. The van der Waals surface area contributed by atoms with E-state index in [9.17, 15) is 9.59 Å². The van der Waals surface area contributed by atoms with Crippen LogP contribution < -0.4 is 10.6 Å². The molecule has 1 atom stereocenters. The summed E-state index contributed by atoms with van der Waals surface area (Å²) >= 11 is 3.46. The molecule has 0 rings (SSSR count). The van der Waals surface area contributed by atoms with Gasteiger partial charge in [0.25, 0.3) is 0 Å². The summed E-state index contributed by atoms with van der Waals surface area (Å²) in [6.07, 6.45) is 5.66. The number of carbonyl (C=O) groups excluding carboxylic acids is 2. The van der Waals surface area contributed by atoms with Crippen LogP contribution in [0.1, 0.15) is 33.1 Å². The normalized spacial score (nSPS) is 11.2. The fraction of sp³-hybridized carbons (Fsp3) is 0.846. The highest BCUT2D eigenvalue weighted by molar-refractivity contribution is 7.99. The molecule has 0 aliphatic heterocycles. The van der Waals surface area contributed by atoms with E-state index in [0.717, 1.165) is 6.54 Å². The first kappa shape index (κ1) is 21.1. The summed E-state index contributed by atoms with van der Waals surface area (Å²) in [6, 6.07) is 0. The average Bonchev–Trinajstić information content (AvgIpc) is 2.36. The van der Waals surface area contributed by atoms with Gasteiger partial charge in [0.05, 0.1) is 5.37 Å². The average molecular weight is 309 g/mol. The Morgan fingerprint density at radius 1 is 1.21 bits per heavy atom. The van der Waals surface area contributed by atoms with E-state index in [0.29, 0.717) is 19.3 Å². The number of ketones is 1. The lowest BCUT2D eigenvalue weighted by Gasteiger charge is -2.10. The van der Waals surface area contributed by atoms with E-state index in [1.54, 1.807) is 18.7 Å². The molecular formula is C13H28N2O2S2. The fourth-order valence-corrected chi connectivity index (χ4v) is 1.72. The number of nitrogens with one attached hydrogen (secondary N) is 2. The second-order valence-electron chi connectivity index (χ2n) is 4.10. The van der Waals surface area contributed by atoms with E-state index in [1.165, 1.54) is 5.75 Å². The number of carbonyl (C=O) groups is 2. The minimum absolute atomic E-state index is 0.0306. The first-order valence-electron chi connectivity index (χ1n) is 6.43. The molecule has 0 fully saturated rings. The Kier molecular flexibility index (Phi) is 17.6. The van der Waals surface area contributed by atoms with E-state index >= 15 is 0 Å². The van der Waals surface area contributed by atoms with Gasteiger partial charge in [-0.2, -0.15) is 11.8 Å². The minimum atomic E-state index is 0.0306. The number of amides is 1. The molecule has 0 bridgehead atoms. The van der Waals surface area contributed by atoms with Crippen LogP contribution >= 0.6 is 23.5 Å². The number of thioether (sulfide) groups is 2. The quantitative estimate of drug-likeness (QED) is 0.505. The van der Waals surface area contributed by atoms with Gasteiger partial charge in [-0.1, -0.05) is 0 Å². The monoisotopic (exact) mass is 308 g/mol. The van der Waals surface area contributed by atoms with Gasteiger partial charge in [-0.15, -0.1) is 11.8 Å². The Morgan fingerprint density at radius 2 is 1.84 bits per heavy atom. The predicted octanol–water partition coefficient (Wildman–Crippen LogP) is 2.14. The SMILES string of the molecule is CNCCSC.CSC(C)NC(=O)CCCC(C)=O. The van der Waals surface area contributed by atoms with Crippen LogP contribution in [0.15, 0.2) is 0 Å². The van der Waals surface area contributed by atoms with E-state index in [1.807, 2.05) is 32.0 Å². The second-order valence-corrected chi connectivity index (χ2v) is 6.26. The van der Waals surface area contributed by atoms with E-state index in [4.69, 9.17) is 0 Å². The molecule has 0 spiro atoms. The van der Waals surface area contributed by atoms with Crippen LogP contribution in [-0.2, 0) is 9.59 Å². The lowest BCUT2D eigenvalue weighted by Crippen LogP contribution is -2.29. The van der Waals surface area contributed by atoms with Crippen molar-refractivity contribution < 1.29 is 9.59 Å². The zero-order valence-electron chi connectivity index (χ0n) is 12.7. The molecule has 0 aromatic carbocycles. The third kappa shape index (κ3) is 20.3. The summed E-state index contributed by atoms with van der Waals surface area (Å²) in [7, 11) is 1.97. The van der Waals surface area contributed by atoms with Crippen molar-refractivity contribution in [2.45, 2.75) is 38.5 Å². The summed E-state index contributed by atoms with van der Waals surface area (Å²) in [5, 5.41) is 6.02. The number of hydrogen-bond acceptors (Lipinski definition) is 5. The Bertz CT molecular complexity index is 235. The molecule has 0 saturated heterocycles. The van der Waals surface area contributed by atoms with Crippen LogP contribution in [-0.4, -0.2) is 48.9 Å². The van der Waals surface area contributed by atoms with Gasteiger partial charge >= 0.3 is 0 Å². The second kappa shape index (κ2) is 15.9. The highest BCUT2D eigenvalue weighted by Crippen LogP contribution is 2.02. The topological polar surface area (TPSA) is 58.2 Å². The molecule has 1 amide bonds. The lowest BCUT2D eigenvalue weighted by molar-refractivity contribution is -0.121. The molecule has 19 heavy (non-hydrogen) atoms. The fourth-order valence-electron chi connectivity index (χ4n) is 1.06. The van der Waals surface area contributed by atoms with E-state index in [-0.39, 0.29) is 17.1 Å². The predicted molar refractivity (Wildman–Crippen MR) is 88.0 cm³/mol. The van der Waals surface area contributed by atoms with Crippen molar-refractivity contribution >= 4 is 35.2 Å². The summed E-state index contributed by atoms with van der Waals surface area (Å²) in [5.74, 6) is 1.39. The van der Waals surface area contributed by atoms with Gasteiger partial charge in [0.15, 0.2) is 0 Å². The van der Waals surface area contributed by atoms with Crippen molar-refractivity contribution in [3.8, 4) is 0 Å². The molecule has 0 aromatic heterocycles. The summed E-state index contributed by atoms with van der Waals surface area (Å²) in [6.45, 7) is 4.61. The van der Waals surface area contributed by atoms with E-state index < -0.39 is 0 Å². The molecule has 1 unspecified atom stereocenters. The van der Waals surface area contributed by atoms with Gasteiger partial charge < -0.3 is 15.4 Å². The van der Waals surface area contributed by atoms with Crippen molar-refractivity contribution in [1.29, 1.82) is 0 Å². The Balaban J connectivity index is 0. The summed E-state index contributed by atoms with van der Waals surface area (Å²) in [5.41, 5.74) is 0. The molecule has 114 valence electrons. The molecule has 6 heteroatoms. The molecule has 0 saturated carbocycles. The third-order valence-corrected chi connectivity index (χ3v) is 3.64. The maximum Gasteiger partial charge on any atom is 0.220 e. The van der Waals surface area contributed by atoms with Gasteiger partial charge in [0.2, 0.25) is 5.91 Å². The van der Waals surface area contributed by atoms with E-state index in [2.05, 4.69) is 16.9 Å². The molecule has 0 radical (unpaired) electrons. The Morgan fingerprint density at radius 3 is 2.21 bits per heavy atom. The number of Topliss-reactive ketones (excluding diaryl/α,β-unsaturated/α-hetero) is 1. The largest absolute Gasteiger partial charge is 0.345 e. The highest BCUT2D eigenvalue weighted by atomic mass is 32.2. The van der Waals surface area contributed by atoms with Gasteiger partial charge in [0.1, 0.15) is 5.78 Å². The molecule has 4 nitrogen and oxygen atoms in total. The van der Waals surface area contributed by atoms with Gasteiger partial charge in [-0.3, -0.25) is 4.79 Å². The highest BCUT2D eigenvalue weighted by Gasteiger charge is 2.05. The van der Waals surface area contributed by atoms with Gasteiger partial charge in [0, 0.05) is 25.1 Å². The van der Waals surface area contributed by atoms with Crippen molar-refractivity contribution in [3.05, 3.63) is 0 Å². The van der Waals surface area contributed by atoms with Crippen LogP contribution in [0.4, 0.5) is 0 Å². The van der Waals surface area contributed by atoms with Crippen LogP contribution in [0.25, 0.3) is 0 Å². The first-order chi connectivity index (χ1) is 8.97. The van der Waals surface area contributed by atoms with Crippen molar-refractivity contribution in [3.63, 3.8) is 0 Å². The van der Waals surface area contributed by atoms with Crippen LogP contribution in [0, 0.1) is 0 Å². The zero-order chi connectivity index (χ0) is 15.1. The maximum atomic E-state index is 11.2. The third-order valence-electron chi connectivity index (χ3n) is 2.21. The summed E-state index contributed by atoms with van der Waals surface area (Å²) < 4.78 is 0. The first-order valence-corrected chi connectivity index (χ1v) is 9.11. The maximum absolute atomic E-state index is 11.2. The van der Waals surface area contributed by atoms with Crippen LogP contribution in [0.3, 0.4) is 0 Å². The Hall–Kier alpha value is -0.200. The molecule has 0 aromatic rings. The zero-order valence-corrected chi connectivity index (χ0v) is 14.4. The number of rotatable bonds is 9. The van der Waals surface area contributed by atoms with Crippen molar-refractivity contribution in [2.24, 2.45) is 0 Å². The van der Waals surface area contributed by atoms with Gasteiger partial charge in [-0.05, 0) is 39.8 Å². The van der Waals surface area contributed by atoms with Crippen LogP contribution in [0.2, 0.25) is 0 Å². The summed E-state index contributed by atoms with van der Waals surface area (Å²) in [4.78, 5) is 21.7. The van der Waals surface area contributed by atoms with Crippen LogP contribution in [0.5, 0.6) is 0 Å². The Labute approximate surface area is 126 Å². The molecule has 0 aliphatic rings. The van der Waals surface area contributed by atoms with Gasteiger partial charge in [-0.25, -0.2) is 0 Å². The standard InChI is InChI=1S/C9H17NO2S.C4H11NS/c1-7(11)5-4-6-9(12)10-8(2)13-3;1-5-3-4-6-2/h8H,4-6H2,1-3H3,(H,10,12);5H,3-4H2,1-2H3. The molecular weight excluding hydrogens is 280 g/mol. The minimum Gasteiger partial charge on any atom is -0.345 e. The number of hydrogen-bond donors (Lipinski definition) is 2.